The molecule has 1 aliphatic heterocycles. The van der Waals surface area contributed by atoms with Crippen LogP contribution in [0.3, 0.4) is 0 Å². The molecular weight excluding hydrogens is 227 g/mol. The third-order valence-corrected chi connectivity index (χ3v) is 1.85. The molecule has 0 saturated heterocycles. The Morgan fingerprint density at radius 2 is 2.25 bits per heavy atom. The number of benzene rings is 1. The second kappa shape index (κ2) is 4.15. The summed E-state index contributed by atoms with van der Waals surface area (Å²) in [7, 11) is 0. The van der Waals surface area contributed by atoms with Gasteiger partial charge in [-0.25, -0.2) is 0 Å². The Labute approximate surface area is 96.6 Å². The van der Waals surface area contributed by atoms with Crippen LogP contribution in [0.1, 0.15) is 12.0 Å². The van der Waals surface area contributed by atoms with Gasteiger partial charge in [0.15, 0.2) is 0 Å². The molecule has 3 heteroatoms. The van der Waals surface area contributed by atoms with Crippen LogP contribution in [0.15, 0.2) is 18.2 Å². The number of aryl methyl sites for hydroxylation is 1. The number of hydrogen-bond acceptors (Lipinski definition) is 1. The summed E-state index contributed by atoms with van der Waals surface area (Å²) in [5.41, 5.74) is 2.13. The monoisotopic (exact) mass is 235 g/mol. The van der Waals surface area contributed by atoms with Gasteiger partial charge in [0.1, 0.15) is 0 Å². The molecule has 59 valence electrons. The molecule has 0 spiro atoms. The Kier molecular flexibility index (Phi) is 3.42. The van der Waals surface area contributed by atoms with E-state index in [1.807, 2.05) is 18.2 Å². The number of hydrogen-bond donors (Lipinski definition) is 1. The van der Waals surface area contributed by atoms with Crippen LogP contribution in [-0.4, -0.2) is 5.91 Å². The molecule has 1 aromatic rings. The molecule has 2 nitrogen and oxygen atoms in total. The van der Waals surface area contributed by atoms with E-state index >= 15 is 0 Å². The van der Waals surface area contributed by atoms with Crippen LogP contribution >= 0.6 is 0 Å². The van der Waals surface area contributed by atoms with Crippen molar-refractivity contribution in [2.45, 2.75) is 12.8 Å². The van der Waals surface area contributed by atoms with Crippen molar-refractivity contribution in [3.8, 4) is 0 Å². The summed E-state index contributed by atoms with van der Waals surface area (Å²) < 4.78 is 0. The maximum absolute atomic E-state index is 10.9. The average Bonchev–Trinajstić information content (AvgIpc) is 2.04. The molecular formula is C9H8NOY-. The van der Waals surface area contributed by atoms with Gasteiger partial charge in [0.2, 0.25) is 5.91 Å². The van der Waals surface area contributed by atoms with Crippen molar-refractivity contribution in [2.24, 2.45) is 0 Å². The van der Waals surface area contributed by atoms with Crippen LogP contribution < -0.4 is 5.32 Å². The Morgan fingerprint density at radius 1 is 1.42 bits per heavy atom. The number of fused-ring (bicyclic) bond motifs is 1. The van der Waals surface area contributed by atoms with Crippen LogP contribution in [0.4, 0.5) is 5.69 Å². The molecule has 0 bridgehead atoms. The molecule has 0 aromatic heterocycles. The van der Waals surface area contributed by atoms with Crippen LogP contribution in [0.5, 0.6) is 0 Å². The van der Waals surface area contributed by atoms with Crippen molar-refractivity contribution in [2.75, 3.05) is 5.32 Å². The van der Waals surface area contributed by atoms with E-state index in [9.17, 15) is 4.79 Å². The molecule has 1 radical (unpaired) electrons. The van der Waals surface area contributed by atoms with Gasteiger partial charge < -0.3 is 5.32 Å². The fourth-order valence-electron chi connectivity index (χ4n) is 1.25. The number of carbonyl (C=O) groups is 1. The van der Waals surface area contributed by atoms with E-state index in [1.165, 1.54) is 5.56 Å². The Balaban J connectivity index is 0.000000720. The summed E-state index contributed by atoms with van der Waals surface area (Å²) in [6.45, 7) is 0. The first-order valence-electron chi connectivity index (χ1n) is 3.65. The molecule has 0 aliphatic carbocycles. The molecule has 1 amide bonds. The number of rotatable bonds is 0. The largest absolute Gasteiger partial charge is 0.349 e. The van der Waals surface area contributed by atoms with Gasteiger partial charge in [-0.05, 0) is 0 Å². The summed E-state index contributed by atoms with van der Waals surface area (Å²) in [5, 5.41) is 2.80. The molecule has 12 heavy (non-hydrogen) atoms. The van der Waals surface area contributed by atoms with Gasteiger partial charge in [-0.15, -0.1) is 11.6 Å². The second-order valence-electron chi connectivity index (χ2n) is 2.63. The SMILES string of the molecule is O=C1CCc2c[c-]ccc2N1.[Y]. The van der Waals surface area contributed by atoms with Gasteiger partial charge in [0.05, 0.1) is 0 Å². The van der Waals surface area contributed by atoms with Crippen LogP contribution in [0, 0.1) is 6.07 Å². The maximum Gasteiger partial charge on any atom is 0.221 e. The number of amides is 1. The molecule has 1 aliphatic rings. The van der Waals surface area contributed by atoms with Crippen LogP contribution in [0.2, 0.25) is 0 Å². The predicted molar refractivity (Wildman–Crippen MR) is 42.2 cm³/mol. The zero-order valence-corrected chi connectivity index (χ0v) is 9.47. The standard InChI is InChI=1S/C9H8NO.Y/c11-9-6-5-7-3-1-2-4-8(7)10-9;/h2-4H,5-6H2,(H,10,11);/q-1;. The fraction of sp³-hybridized carbons (Fsp3) is 0.222. The Hall–Kier alpha value is -0.206. The van der Waals surface area contributed by atoms with Crippen molar-refractivity contribution < 1.29 is 37.5 Å². The first kappa shape index (κ1) is 9.88. The summed E-state index contributed by atoms with van der Waals surface area (Å²) in [6.07, 6.45) is 1.45. The van der Waals surface area contributed by atoms with Crippen molar-refractivity contribution in [3.63, 3.8) is 0 Å². The average molecular weight is 235 g/mol. The van der Waals surface area contributed by atoms with Crippen molar-refractivity contribution in [1.82, 2.24) is 0 Å². The minimum absolute atomic E-state index is 0. The molecule has 0 saturated carbocycles. The van der Waals surface area contributed by atoms with Gasteiger partial charge >= 0.3 is 0 Å². The van der Waals surface area contributed by atoms with E-state index in [-0.39, 0.29) is 38.6 Å². The van der Waals surface area contributed by atoms with E-state index in [2.05, 4.69) is 11.4 Å². The molecule has 0 atom stereocenters. The Bertz CT molecular complexity index is 298. The van der Waals surface area contributed by atoms with E-state index in [4.69, 9.17) is 0 Å². The number of carbonyl (C=O) groups excluding carboxylic acids is 1. The van der Waals surface area contributed by atoms with Crippen molar-refractivity contribution in [1.29, 1.82) is 0 Å². The second-order valence-corrected chi connectivity index (χ2v) is 2.63. The first-order valence-corrected chi connectivity index (χ1v) is 3.65. The minimum atomic E-state index is 0. The summed E-state index contributed by atoms with van der Waals surface area (Å²) >= 11 is 0. The summed E-state index contributed by atoms with van der Waals surface area (Å²) in [6, 6.07) is 8.60. The number of nitrogens with one attached hydrogen (secondary N) is 1. The van der Waals surface area contributed by atoms with Crippen LogP contribution in [-0.2, 0) is 43.9 Å². The zero-order valence-electron chi connectivity index (χ0n) is 6.63. The van der Waals surface area contributed by atoms with E-state index < -0.39 is 0 Å². The van der Waals surface area contributed by atoms with Gasteiger partial charge in [0.25, 0.3) is 0 Å². The van der Waals surface area contributed by atoms with Gasteiger partial charge in [-0.3, -0.25) is 4.79 Å². The molecule has 1 aromatic carbocycles. The zero-order chi connectivity index (χ0) is 7.68. The van der Waals surface area contributed by atoms with Gasteiger partial charge in [-0.2, -0.15) is 18.2 Å². The third-order valence-electron chi connectivity index (χ3n) is 1.85. The predicted octanol–water partition coefficient (Wildman–Crippen LogP) is 1.37. The molecule has 0 unspecified atom stereocenters. The molecule has 1 N–H and O–H groups in total. The normalized spacial score (nSPS) is 14.2. The first-order chi connectivity index (χ1) is 5.36. The van der Waals surface area contributed by atoms with E-state index in [1.54, 1.807) is 0 Å². The molecule has 2 rings (SSSR count). The summed E-state index contributed by atoms with van der Waals surface area (Å²) in [5.74, 6) is 0.115. The van der Waals surface area contributed by atoms with E-state index in [0.717, 1.165) is 12.1 Å². The fourth-order valence-corrected chi connectivity index (χ4v) is 1.25. The molecule has 1 heterocycles. The Morgan fingerprint density at radius 3 is 3.08 bits per heavy atom. The maximum atomic E-state index is 10.9. The van der Waals surface area contributed by atoms with Gasteiger partial charge in [-0.1, -0.05) is 12.1 Å². The van der Waals surface area contributed by atoms with E-state index in [0.29, 0.717) is 6.42 Å². The minimum Gasteiger partial charge on any atom is -0.349 e. The summed E-state index contributed by atoms with van der Waals surface area (Å²) in [4.78, 5) is 10.9. The number of anilines is 1. The third kappa shape index (κ3) is 1.93. The topological polar surface area (TPSA) is 29.1 Å². The smallest absolute Gasteiger partial charge is 0.221 e. The van der Waals surface area contributed by atoms with Crippen molar-refractivity contribution >= 4 is 11.6 Å². The van der Waals surface area contributed by atoms with Gasteiger partial charge in [0, 0.05) is 39.1 Å². The molecule has 0 fully saturated rings. The van der Waals surface area contributed by atoms with Crippen LogP contribution in [0.25, 0.3) is 0 Å². The quantitative estimate of drug-likeness (QED) is 0.676. The van der Waals surface area contributed by atoms with Crippen molar-refractivity contribution in [3.05, 3.63) is 29.8 Å².